The first kappa shape index (κ1) is 17.5. The second-order valence-electron chi connectivity index (χ2n) is 9.70. The van der Waals surface area contributed by atoms with Gasteiger partial charge in [0.05, 0.1) is 6.10 Å². The van der Waals surface area contributed by atoms with Crippen LogP contribution in [0.5, 0.6) is 0 Å². The van der Waals surface area contributed by atoms with Crippen LogP contribution in [0.25, 0.3) is 0 Å². The molecule has 4 aliphatic carbocycles. The van der Waals surface area contributed by atoms with Crippen LogP contribution >= 0.6 is 0 Å². The Balaban J connectivity index is 1.61. The summed E-state index contributed by atoms with van der Waals surface area (Å²) >= 11 is 0. The smallest absolute Gasteiger partial charge is 0.302 e. The SMILES string of the molecule is CC(=O)O[C@H]1CC[C@H]2[C@@H]3CC[C@H]4CC(=O)C[C@H](O)[C@]4(C)[C@H]3CC[C@]12C. The summed E-state index contributed by atoms with van der Waals surface area (Å²) in [6, 6.07) is 0. The average molecular weight is 348 g/mol. The third-order valence-corrected chi connectivity index (χ3v) is 8.80. The summed E-state index contributed by atoms with van der Waals surface area (Å²) in [6.45, 7) is 6.10. The van der Waals surface area contributed by atoms with Crippen molar-refractivity contribution >= 4 is 11.8 Å². The van der Waals surface area contributed by atoms with Crippen LogP contribution in [-0.4, -0.2) is 29.1 Å². The maximum Gasteiger partial charge on any atom is 0.302 e. The van der Waals surface area contributed by atoms with Crippen molar-refractivity contribution in [2.24, 2.45) is 34.5 Å². The number of esters is 1. The first-order chi connectivity index (χ1) is 11.8. The molecule has 0 unspecified atom stereocenters. The zero-order chi connectivity index (χ0) is 18.0. The maximum atomic E-state index is 12.0. The Bertz CT molecular complexity index is 586. The van der Waals surface area contributed by atoms with Gasteiger partial charge >= 0.3 is 5.97 Å². The number of Topliss-reactive ketones (excluding diaryl/α,β-unsaturated/α-hetero) is 1. The molecular formula is C21H32O4. The number of aliphatic hydroxyl groups is 1. The molecule has 0 amide bonds. The minimum Gasteiger partial charge on any atom is -0.462 e. The molecule has 0 aromatic rings. The van der Waals surface area contributed by atoms with Crippen molar-refractivity contribution < 1.29 is 19.4 Å². The molecule has 0 bridgehead atoms. The van der Waals surface area contributed by atoms with Gasteiger partial charge in [-0.15, -0.1) is 0 Å². The highest BCUT2D eigenvalue weighted by Gasteiger charge is 2.62. The number of ketones is 1. The van der Waals surface area contributed by atoms with Crippen molar-refractivity contribution in [3.63, 3.8) is 0 Å². The monoisotopic (exact) mass is 348 g/mol. The van der Waals surface area contributed by atoms with E-state index in [1.807, 2.05) is 0 Å². The number of aliphatic hydroxyl groups excluding tert-OH is 1. The molecule has 4 nitrogen and oxygen atoms in total. The Labute approximate surface area is 150 Å². The lowest BCUT2D eigenvalue weighted by Crippen LogP contribution is -2.59. The van der Waals surface area contributed by atoms with E-state index in [9.17, 15) is 14.7 Å². The summed E-state index contributed by atoms with van der Waals surface area (Å²) in [5, 5.41) is 10.9. The lowest BCUT2D eigenvalue weighted by atomic mass is 9.44. The van der Waals surface area contributed by atoms with E-state index in [1.54, 1.807) is 0 Å². The van der Waals surface area contributed by atoms with Crippen LogP contribution in [0.2, 0.25) is 0 Å². The van der Waals surface area contributed by atoms with E-state index in [4.69, 9.17) is 4.74 Å². The van der Waals surface area contributed by atoms with Crippen molar-refractivity contribution in [3.8, 4) is 0 Å². The summed E-state index contributed by atoms with van der Waals surface area (Å²) in [6.07, 6.45) is 7.07. The van der Waals surface area contributed by atoms with Gasteiger partial charge in [0, 0.05) is 30.6 Å². The molecule has 4 aliphatic rings. The largest absolute Gasteiger partial charge is 0.462 e. The third kappa shape index (κ3) is 2.43. The van der Waals surface area contributed by atoms with E-state index in [0.717, 1.165) is 38.5 Å². The molecule has 25 heavy (non-hydrogen) atoms. The predicted octanol–water partition coefficient (Wildman–Crippen LogP) is 3.50. The zero-order valence-electron chi connectivity index (χ0n) is 15.8. The Morgan fingerprint density at radius 3 is 2.56 bits per heavy atom. The predicted molar refractivity (Wildman–Crippen MR) is 93.7 cm³/mol. The van der Waals surface area contributed by atoms with Crippen molar-refractivity contribution in [1.29, 1.82) is 0 Å². The van der Waals surface area contributed by atoms with Crippen LogP contribution in [0.4, 0.5) is 0 Å². The number of carbonyl (C=O) groups is 2. The fraction of sp³-hybridized carbons (Fsp3) is 0.905. The van der Waals surface area contributed by atoms with Crippen molar-refractivity contribution in [1.82, 2.24) is 0 Å². The van der Waals surface area contributed by atoms with Gasteiger partial charge in [-0.25, -0.2) is 0 Å². The standard InChI is InChI=1S/C21H32O4/c1-12(22)25-19-7-6-16-15-5-4-13-10-14(23)11-18(24)21(13,3)17(15)8-9-20(16,19)2/h13,15-19,24H,4-11H2,1-3H3/t13-,15-,16-,17-,18-,19-,20-,21-/m0/s1. The van der Waals surface area contributed by atoms with Gasteiger partial charge in [0.15, 0.2) is 0 Å². The highest BCUT2D eigenvalue weighted by molar-refractivity contribution is 5.80. The Hall–Kier alpha value is -0.900. The van der Waals surface area contributed by atoms with Gasteiger partial charge in [0.1, 0.15) is 11.9 Å². The molecule has 4 heteroatoms. The highest BCUT2D eigenvalue weighted by Crippen LogP contribution is 2.66. The number of fused-ring (bicyclic) bond motifs is 5. The molecule has 0 aliphatic heterocycles. The number of carbonyl (C=O) groups excluding carboxylic acids is 2. The summed E-state index contributed by atoms with van der Waals surface area (Å²) < 4.78 is 5.70. The van der Waals surface area contributed by atoms with Gasteiger partial charge in [-0.1, -0.05) is 13.8 Å². The van der Waals surface area contributed by atoms with E-state index >= 15 is 0 Å². The minimum atomic E-state index is -0.485. The van der Waals surface area contributed by atoms with E-state index in [1.165, 1.54) is 6.92 Å². The van der Waals surface area contributed by atoms with Crippen LogP contribution in [-0.2, 0) is 14.3 Å². The molecule has 4 saturated carbocycles. The molecule has 4 fully saturated rings. The molecule has 1 N–H and O–H groups in total. The topological polar surface area (TPSA) is 63.6 Å². The number of rotatable bonds is 1. The van der Waals surface area contributed by atoms with Gasteiger partial charge < -0.3 is 9.84 Å². The van der Waals surface area contributed by atoms with Crippen molar-refractivity contribution in [3.05, 3.63) is 0 Å². The fourth-order valence-electron chi connectivity index (χ4n) is 7.45. The van der Waals surface area contributed by atoms with Crippen LogP contribution < -0.4 is 0 Å². The number of hydrogen-bond donors (Lipinski definition) is 1. The Kier molecular flexibility index (Phi) is 4.06. The van der Waals surface area contributed by atoms with Gasteiger partial charge in [0.2, 0.25) is 0 Å². The molecule has 0 spiro atoms. The second kappa shape index (κ2) is 5.80. The molecule has 0 heterocycles. The number of ether oxygens (including phenoxy) is 1. The molecule has 0 saturated heterocycles. The van der Waals surface area contributed by atoms with E-state index in [2.05, 4.69) is 13.8 Å². The summed E-state index contributed by atoms with van der Waals surface area (Å²) in [5.74, 6) is 2.11. The number of hydrogen-bond acceptors (Lipinski definition) is 4. The molecule has 0 aromatic carbocycles. The maximum absolute atomic E-state index is 12.0. The van der Waals surface area contributed by atoms with Crippen LogP contribution in [0.3, 0.4) is 0 Å². The lowest BCUT2D eigenvalue weighted by molar-refractivity contribution is -0.178. The molecule has 0 aromatic heterocycles. The third-order valence-electron chi connectivity index (χ3n) is 8.80. The van der Waals surface area contributed by atoms with E-state index in [-0.39, 0.29) is 28.7 Å². The van der Waals surface area contributed by atoms with Crippen LogP contribution in [0.1, 0.15) is 72.1 Å². The summed E-state index contributed by atoms with van der Waals surface area (Å²) in [7, 11) is 0. The Morgan fingerprint density at radius 1 is 1.08 bits per heavy atom. The van der Waals surface area contributed by atoms with Crippen molar-refractivity contribution in [2.75, 3.05) is 0 Å². The Morgan fingerprint density at radius 2 is 1.84 bits per heavy atom. The fourth-order valence-corrected chi connectivity index (χ4v) is 7.45. The highest BCUT2D eigenvalue weighted by atomic mass is 16.5. The first-order valence-corrected chi connectivity index (χ1v) is 10.1. The van der Waals surface area contributed by atoms with E-state index in [0.29, 0.717) is 36.5 Å². The lowest BCUT2D eigenvalue weighted by Gasteiger charge is -2.61. The van der Waals surface area contributed by atoms with Gasteiger partial charge in [-0.3, -0.25) is 9.59 Å². The first-order valence-electron chi connectivity index (χ1n) is 10.1. The van der Waals surface area contributed by atoms with Crippen LogP contribution in [0.15, 0.2) is 0 Å². The van der Waals surface area contributed by atoms with Gasteiger partial charge in [0.25, 0.3) is 0 Å². The van der Waals surface area contributed by atoms with E-state index < -0.39 is 6.10 Å². The average Bonchev–Trinajstić information content (AvgIpc) is 2.85. The molecular weight excluding hydrogens is 316 g/mol. The molecule has 0 radical (unpaired) electrons. The minimum absolute atomic E-state index is 0.0549. The summed E-state index contributed by atoms with van der Waals surface area (Å²) in [4.78, 5) is 23.5. The van der Waals surface area contributed by atoms with Gasteiger partial charge in [-0.2, -0.15) is 0 Å². The summed E-state index contributed by atoms with van der Waals surface area (Å²) in [5.41, 5.74) is -0.0247. The molecule has 140 valence electrons. The molecule has 4 rings (SSSR count). The normalized spacial score (nSPS) is 52.1. The quantitative estimate of drug-likeness (QED) is 0.737. The van der Waals surface area contributed by atoms with Gasteiger partial charge in [-0.05, 0) is 62.2 Å². The molecule has 8 atom stereocenters. The zero-order valence-corrected chi connectivity index (χ0v) is 15.8. The van der Waals surface area contributed by atoms with Crippen molar-refractivity contribution in [2.45, 2.75) is 84.3 Å². The second-order valence-corrected chi connectivity index (χ2v) is 9.70. The van der Waals surface area contributed by atoms with Crippen LogP contribution in [0, 0.1) is 34.5 Å².